The molecule has 0 spiro atoms. The second kappa shape index (κ2) is 9.97. The highest BCUT2D eigenvalue weighted by molar-refractivity contribution is 7.99. The predicted octanol–water partition coefficient (Wildman–Crippen LogP) is -0.384. The number of nitrogens with zero attached hydrogens (tertiary/aromatic N) is 4. The summed E-state index contributed by atoms with van der Waals surface area (Å²) in [7, 11) is 0. The van der Waals surface area contributed by atoms with Crippen molar-refractivity contribution in [3.8, 4) is 0 Å². The summed E-state index contributed by atoms with van der Waals surface area (Å²) in [5.41, 5.74) is 13.3. The number of carboxylic acid groups (broad SMARTS) is 1. The van der Waals surface area contributed by atoms with Gasteiger partial charge in [0, 0.05) is 22.1 Å². The average Bonchev–Trinajstić information content (AvgIpc) is 3.30. The molecule has 1 aliphatic rings. The molecule has 0 aromatic carbocycles. The summed E-state index contributed by atoms with van der Waals surface area (Å²) in [6.45, 7) is 0. The van der Waals surface area contributed by atoms with Gasteiger partial charge in [0.05, 0.1) is 18.4 Å². The van der Waals surface area contributed by atoms with Crippen LogP contribution >= 0.6 is 35.0 Å². The molecule has 7 N–H and O–H groups in total. The number of aliphatic hydroxyl groups excluding tert-OH is 1. The van der Waals surface area contributed by atoms with Crippen molar-refractivity contribution in [2.24, 2.45) is 5.73 Å². The monoisotopic (exact) mass is 491 g/mol. The molecule has 12 nitrogen and oxygen atoms in total. The number of nitrogens with two attached hydrogens (primary N) is 2. The van der Waals surface area contributed by atoms with Crippen LogP contribution in [0.3, 0.4) is 0 Å². The van der Waals surface area contributed by atoms with E-state index in [1.807, 2.05) is 0 Å². The van der Waals surface area contributed by atoms with E-state index in [2.05, 4.69) is 20.3 Å². The Hall–Kier alpha value is -2.16. The van der Waals surface area contributed by atoms with Crippen LogP contribution in [0.2, 0.25) is 0 Å². The molecule has 31 heavy (non-hydrogen) atoms. The zero-order valence-electron chi connectivity index (χ0n) is 15.8. The number of rotatable bonds is 8. The number of aliphatic hydroxyl groups is 1. The van der Waals surface area contributed by atoms with Crippen LogP contribution in [-0.2, 0) is 14.3 Å². The van der Waals surface area contributed by atoms with Gasteiger partial charge in [0.2, 0.25) is 5.91 Å². The fourth-order valence-corrected chi connectivity index (χ4v) is 4.19. The van der Waals surface area contributed by atoms with Gasteiger partial charge in [0.25, 0.3) is 0 Å². The van der Waals surface area contributed by atoms with Gasteiger partial charge in [-0.2, -0.15) is 11.8 Å². The number of thioether (sulfide) groups is 1. The van der Waals surface area contributed by atoms with E-state index in [9.17, 15) is 19.8 Å². The Morgan fingerprint density at radius 3 is 2.84 bits per heavy atom. The summed E-state index contributed by atoms with van der Waals surface area (Å²) in [5, 5.41) is 23.2. The molecule has 0 saturated carbocycles. The van der Waals surface area contributed by atoms with Gasteiger partial charge in [-0.3, -0.25) is 9.36 Å². The number of imidazole rings is 1. The number of anilines is 1. The van der Waals surface area contributed by atoms with Gasteiger partial charge >= 0.3 is 5.97 Å². The summed E-state index contributed by atoms with van der Waals surface area (Å²) in [5.74, 6) is -1.35. The molecule has 0 bridgehead atoms. The van der Waals surface area contributed by atoms with Crippen LogP contribution in [0.25, 0.3) is 11.2 Å². The van der Waals surface area contributed by atoms with E-state index in [4.69, 9.17) is 39.4 Å². The van der Waals surface area contributed by atoms with E-state index in [0.717, 1.165) is 0 Å². The van der Waals surface area contributed by atoms with Gasteiger partial charge in [-0.1, -0.05) is 23.2 Å². The summed E-state index contributed by atoms with van der Waals surface area (Å²) in [6, 6.07) is -2.25. The van der Waals surface area contributed by atoms with E-state index < -0.39 is 42.4 Å². The van der Waals surface area contributed by atoms with Crippen LogP contribution in [0.1, 0.15) is 6.23 Å². The summed E-state index contributed by atoms with van der Waals surface area (Å²) >= 11 is 12.5. The quantitative estimate of drug-likeness (QED) is 0.323. The van der Waals surface area contributed by atoms with Crippen molar-refractivity contribution in [2.75, 3.05) is 17.2 Å². The second-order valence-corrected chi connectivity index (χ2v) is 8.30. The lowest BCUT2D eigenvalue weighted by Crippen LogP contribution is -2.54. The van der Waals surface area contributed by atoms with Gasteiger partial charge in [-0.15, -0.1) is 0 Å². The molecule has 2 aromatic rings. The molecule has 1 fully saturated rings. The number of nitrogens with one attached hydrogen (secondary N) is 1. The molecule has 1 saturated heterocycles. The van der Waals surface area contributed by atoms with Crippen molar-refractivity contribution < 1.29 is 24.5 Å². The van der Waals surface area contributed by atoms with E-state index >= 15 is 0 Å². The largest absolute Gasteiger partial charge is 0.479 e. The molecule has 2 aromatic heterocycles. The van der Waals surface area contributed by atoms with E-state index in [-0.39, 0.29) is 22.7 Å². The van der Waals surface area contributed by atoms with Crippen LogP contribution in [0.15, 0.2) is 23.2 Å². The highest BCUT2D eigenvalue weighted by Crippen LogP contribution is 2.32. The minimum Gasteiger partial charge on any atom is -0.479 e. The molecule has 1 amide bonds. The Morgan fingerprint density at radius 1 is 1.42 bits per heavy atom. The third kappa shape index (κ3) is 5.02. The zero-order valence-corrected chi connectivity index (χ0v) is 18.1. The number of carbonyl (C=O) groups excluding carboxylic acids is 1. The van der Waals surface area contributed by atoms with Crippen LogP contribution in [0.4, 0.5) is 5.82 Å². The molecule has 0 radical (unpaired) electrons. The SMILES string of the molecule is Nc1ncnc2c1ncn2C1OC(C(=O)O)C(NC(=O)C(N)CSC/C(Cl)=C/Cl)C1O. The topological polar surface area (TPSA) is 192 Å². The van der Waals surface area contributed by atoms with E-state index in [0.29, 0.717) is 10.8 Å². The second-order valence-electron chi connectivity index (χ2n) is 6.57. The summed E-state index contributed by atoms with van der Waals surface area (Å²) in [4.78, 5) is 36.1. The lowest BCUT2D eigenvalue weighted by atomic mass is 10.1. The molecule has 5 atom stereocenters. The first-order chi connectivity index (χ1) is 14.7. The molecule has 5 unspecified atom stereocenters. The Bertz CT molecular complexity index is 1010. The van der Waals surface area contributed by atoms with Crippen molar-refractivity contribution in [2.45, 2.75) is 30.5 Å². The molecule has 1 aliphatic heterocycles. The van der Waals surface area contributed by atoms with Gasteiger partial charge in [0.15, 0.2) is 23.8 Å². The highest BCUT2D eigenvalue weighted by atomic mass is 35.5. The Morgan fingerprint density at radius 2 is 2.16 bits per heavy atom. The normalized spacial score (nSPS) is 25.0. The number of fused-ring (bicyclic) bond motifs is 1. The van der Waals surface area contributed by atoms with Crippen molar-refractivity contribution in [1.82, 2.24) is 24.8 Å². The maximum Gasteiger partial charge on any atom is 0.335 e. The molecule has 3 heterocycles. The first-order valence-corrected chi connectivity index (χ1v) is 10.8. The zero-order chi connectivity index (χ0) is 22.7. The smallest absolute Gasteiger partial charge is 0.335 e. The number of amides is 1. The molecule has 3 rings (SSSR count). The predicted molar refractivity (Wildman–Crippen MR) is 114 cm³/mol. The molecular weight excluding hydrogens is 473 g/mol. The molecule has 0 aliphatic carbocycles. The number of hydrogen-bond acceptors (Lipinski definition) is 10. The van der Waals surface area contributed by atoms with Crippen LogP contribution < -0.4 is 16.8 Å². The highest BCUT2D eigenvalue weighted by Gasteiger charge is 2.49. The van der Waals surface area contributed by atoms with Crippen molar-refractivity contribution >= 4 is 63.8 Å². The number of aromatic nitrogens is 4. The van der Waals surface area contributed by atoms with Crippen LogP contribution in [-0.4, -0.2) is 77.4 Å². The average molecular weight is 492 g/mol. The third-order valence-corrected chi connectivity index (χ3v) is 6.36. The number of halogens is 2. The minimum absolute atomic E-state index is 0.114. The standard InChI is InChI=1S/C16H19Cl2N7O5S/c17-1-6(18)2-31-3-7(19)14(27)24-8-10(26)15(30-11(8)16(28)29)25-5-23-9-12(20)21-4-22-13(9)25/h1,4-5,7-8,10-11,15,26H,2-3,19H2,(H,24,27)(H,28,29)(H2,20,21,22)/b6-1-. The Labute approximate surface area is 189 Å². The lowest BCUT2D eigenvalue weighted by molar-refractivity contribution is -0.152. The fourth-order valence-electron chi connectivity index (χ4n) is 2.99. The van der Waals surface area contributed by atoms with E-state index in [1.165, 1.54) is 34.5 Å². The maximum absolute atomic E-state index is 12.5. The first kappa shape index (κ1) is 23.5. The van der Waals surface area contributed by atoms with Gasteiger partial charge in [-0.05, 0) is 0 Å². The Kier molecular flexibility index (Phi) is 7.56. The van der Waals surface area contributed by atoms with Crippen LogP contribution in [0.5, 0.6) is 0 Å². The number of hydrogen-bond donors (Lipinski definition) is 5. The summed E-state index contributed by atoms with van der Waals surface area (Å²) < 4.78 is 6.85. The number of carbonyl (C=O) groups is 2. The van der Waals surface area contributed by atoms with Gasteiger partial charge in [-0.25, -0.2) is 19.7 Å². The minimum atomic E-state index is -1.53. The number of nitrogen functional groups attached to an aromatic ring is 1. The number of carboxylic acids is 1. The van der Waals surface area contributed by atoms with Crippen LogP contribution in [0, 0.1) is 0 Å². The third-order valence-electron chi connectivity index (χ3n) is 4.48. The Balaban J connectivity index is 1.74. The maximum atomic E-state index is 12.5. The summed E-state index contributed by atoms with van der Waals surface area (Å²) in [6.07, 6.45) is -1.67. The first-order valence-electron chi connectivity index (χ1n) is 8.82. The van der Waals surface area contributed by atoms with Gasteiger partial charge in [0.1, 0.15) is 17.9 Å². The van der Waals surface area contributed by atoms with Crippen molar-refractivity contribution in [3.63, 3.8) is 0 Å². The van der Waals surface area contributed by atoms with Crippen molar-refractivity contribution in [1.29, 1.82) is 0 Å². The molecule has 15 heteroatoms. The fraction of sp³-hybridized carbons (Fsp3) is 0.438. The lowest BCUT2D eigenvalue weighted by Gasteiger charge is -2.22. The molecule has 168 valence electrons. The van der Waals surface area contributed by atoms with Crippen molar-refractivity contribution in [3.05, 3.63) is 23.2 Å². The van der Waals surface area contributed by atoms with Gasteiger partial charge < -0.3 is 31.7 Å². The number of aliphatic carboxylic acids is 1. The molecular formula is C16H19Cl2N7O5S. The number of ether oxygens (including phenoxy) is 1. The van der Waals surface area contributed by atoms with E-state index in [1.54, 1.807) is 0 Å².